The van der Waals surface area contributed by atoms with Crippen molar-refractivity contribution < 1.29 is 22.7 Å². The van der Waals surface area contributed by atoms with E-state index < -0.39 is 17.6 Å². The summed E-state index contributed by atoms with van der Waals surface area (Å²) < 4.78 is 46.7. The van der Waals surface area contributed by atoms with Gasteiger partial charge in [-0.3, -0.25) is 4.79 Å². The molecule has 3 aromatic rings. The van der Waals surface area contributed by atoms with Gasteiger partial charge in [0, 0.05) is 17.8 Å². The van der Waals surface area contributed by atoms with E-state index >= 15 is 0 Å². The van der Waals surface area contributed by atoms with Crippen LogP contribution in [0.2, 0.25) is 0 Å². The van der Waals surface area contributed by atoms with Crippen LogP contribution in [-0.2, 0) is 6.18 Å². The number of aromatic nitrogens is 2. The molecule has 1 amide bonds. The summed E-state index contributed by atoms with van der Waals surface area (Å²) >= 11 is 1.18. The largest absolute Gasteiger partial charge is 0.493 e. The van der Waals surface area contributed by atoms with Crippen molar-refractivity contribution in [1.82, 2.24) is 9.97 Å². The molecule has 1 N–H and O–H groups in total. The highest BCUT2D eigenvalue weighted by Crippen LogP contribution is 2.39. The molecule has 9 heteroatoms. The molecule has 0 aliphatic rings. The number of hydrogen-bond donors (Lipinski definition) is 1. The van der Waals surface area contributed by atoms with Crippen LogP contribution in [-0.4, -0.2) is 22.5 Å². The van der Waals surface area contributed by atoms with E-state index in [1.807, 2.05) is 6.92 Å². The summed E-state index contributed by atoms with van der Waals surface area (Å²) in [6.45, 7) is 6.30. The zero-order valence-electron chi connectivity index (χ0n) is 17.9. The van der Waals surface area contributed by atoms with Crippen LogP contribution >= 0.6 is 11.3 Å². The lowest BCUT2D eigenvalue weighted by atomic mass is 9.99. The van der Waals surface area contributed by atoms with Crippen LogP contribution in [0.3, 0.4) is 0 Å². The van der Waals surface area contributed by atoms with E-state index in [1.165, 1.54) is 35.9 Å². The molecular formula is C23H24F3N3O2S. The lowest BCUT2D eigenvalue weighted by Gasteiger charge is -2.19. The van der Waals surface area contributed by atoms with Crippen molar-refractivity contribution in [3.63, 3.8) is 0 Å². The number of halogens is 3. The maximum absolute atomic E-state index is 13.7. The zero-order valence-corrected chi connectivity index (χ0v) is 18.8. The second kappa shape index (κ2) is 10.1. The molecule has 1 aromatic carbocycles. The fourth-order valence-electron chi connectivity index (χ4n) is 3.35. The number of thiazole rings is 1. The fourth-order valence-corrected chi connectivity index (χ4v) is 3.88. The average molecular weight is 464 g/mol. The van der Waals surface area contributed by atoms with Crippen LogP contribution < -0.4 is 10.1 Å². The summed E-state index contributed by atoms with van der Waals surface area (Å²) in [4.78, 5) is 20.2. The molecule has 2 aromatic heterocycles. The Morgan fingerprint density at radius 2 is 1.84 bits per heavy atom. The highest BCUT2D eigenvalue weighted by atomic mass is 32.1. The van der Waals surface area contributed by atoms with E-state index in [4.69, 9.17) is 4.74 Å². The number of carbonyl (C=O) groups is 1. The number of carbonyl (C=O) groups excluding carboxylic acids is 1. The van der Waals surface area contributed by atoms with Gasteiger partial charge >= 0.3 is 6.18 Å². The number of nitrogens with one attached hydrogen (secondary N) is 1. The molecule has 0 aliphatic carbocycles. The molecule has 32 heavy (non-hydrogen) atoms. The Labute approximate surface area is 188 Å². The predicted molar refractivity (Wildman–Crippen MR) is 119 cm³/mol. The minimum atomic E-state index is -4.57. The molecule has 0 spiro atoms. The van der Waals surface area contributed by atoms with Crippen LogP contribution in [0.1, 0.15) is 42.6 Å². The van der Waals surface area contributed by atoms with Gasteiger partial charge in [0.15, 0.2) is 5.01 Å². The monoisotopic (exact) mass is 463 g/mol. The SMILES string of the molecule is CC(C)C[C@@H](C)COc1ccc(-c2ccnc(NC(=O)c3nccs3)c2)cc1C(F)(F)F. The number of pyridine rings is 1. The smallest absolute Gasteiger partial charge is 0.419 e. The first-order chi connectivity index (χ1) is 15.1. The first-order valence-electron chi connectivity index (χ1n) is 10.1. The van der Waals surface area contributed by atoms with Crippen molar-refractivity contribution in [1.29, 1.82) is 0 Å². The van der Waals surface area contributed by atoms with E-state index in [2.05, 4.69) is 29.1 Å². The van der Waals surface area contributed by atoms with E-state index in [0.717, 1.165) is 12.5 Å². The average Bonchev–Trinajstić information content (AvgIpc) is 3.26. The number of amides is 1. The quantitative estimate of drug-likeness (QED) is 0.412. The molecule has 0 saturated carbocycles. The molecule has 0 saturated heterocycles. The Kier molecular flexibility index (Phi) is 7.50. The number of benzene rings is 1. The van der Waals surface area contributed by atoms with Crippen molar-refractivity contribution in [3.8, 4) is 16.9 Å². The highest BCUT2D eigenvalue weighted by Gasteiger charge is 2.35. The standard InChI is InChI=1S/C23H24F3N3O2S/c1-14(2)10-15(3)13-31-19-5-4-16(11-18(19)23(24,25)26)17-6-7-27-20(12-17)29-21(30)22-28-8-9-32-22/h4-9,11-12,14-15H,10,13H2,1-3H3,(H,27,29,30)/t15-/m1/s1. The van der Waals surface area contributed by atoms with Crippen LogP contribution in [0.4, 0.5) is 19.0 Å². The zero-order chi connectivity index (χ0) is 23.3. The number of nitrogens with zero attached hydrogens (tertiary/aromatic N) is 2. The third-order valence-electron chi connectivity index (χ3n) is 4.64. The van der Waals surface area contributed by atoms with Gasteiger partial charge in [0.25, 0.3) is 5.91 Å². The summed E-state index contributed by atoms with van der Waals surface area (Å²) in [5.74, 6) is 0.178. The molecule has 1 atom stereocenters. The van der Waals surface area contributed by atoms with Crippen molar-refractivity contribution >= 4 is 23.1 Å². The minimum Gasteiger partial charge on any atom is -0.493 e. The van der Waals surface area contributed by atoms with Crippen LogP contribution in [0.25, 0.3) is 11.1 Å². The first-order valence-corrected chi connectivity index (χ1v) is 11.0. The Balaban J connectivity index is 1.83. The van der Waals surface area contributed by atoms with Crippen LogP contribution in [0, 0.1) is 11.8 Å². The first kappa shape index (κ1) is 23.7. The lowest BCUT2D eigenvalue weighted by molar-refractivity contribution is -0.139. The van der Waals surface area contributed by atoms with E-state index in [0.29, 0.717) is 17.0 Å². The van der Waals surface area contributed by atoms with Crippen molar-refractivity contribution in [2.45, 2.75) is 33.4 Å². The van der Waals surface area contributed by atoms with Crippen LogP contribution in [0.5, 0.6) is 5.75 Å². The Hall–Kier alpha value is -2.94. The summed E-state index contributed by atoms with van der Waals surface area (Å²) in [6, 6.07) is 7.07. The van der Waals surface area contributed by atoms with Crippen molar-refractivity contribution in [2.75, 3.05) is 11.9 Å². The summed E-state index contributed by atoms with van der Waals surface area (Å²) in [7, 11) is 0. The number of anilines is 1. The number of hydrogen-bond acceptors (Lipinski definition) is 5. The molecule has 5 nitrogen and oxygen atoms in total. The molecule has 0 radical (unpaired) electrons. The molecular weight excluding hydrogens is 439 g/mol. The molecule has 2 heterocycles. The second-order valence-corrected chi connectivity index (χ2v) is 8.87. The van der Waals surface area contributed by atoms with Gasteiger partial charge in [-0.15, -0.1) is 11.3 Å². The van der Waals surface area contributed by atoms with Gasteiger partial charge in [-0.2, -0.15) is 13.2 Å². The number of rotatable bonds is 8. The van der Waals surface area contributed by atoms with Crippen LogP contribution in [0.15, 0.2) is 48.1 Å². The van der Waals surface area contributed by atoms with Gasteiger partial charge in [0.1, 0.15) is 11.6 Å². The Bertz CT molecular complexity index is 1050. The van der Waals surface area contributed by atoms with Gasteiger partial charge in [-0.25, -0.2) is 9.97 Å². The van der Waals surface area contributed by atoms with Gasteiger partial charge < -0.3 is 10.1 Å². The molecule has 170 valence electrons. The van der Waals surface area contributed by atoms with Crippen molar-refractivity contribution in [2.24, 2.45) is 11.8 Å². The predicted octanol–water partition coefficient (Wildman–Crippen LogP) is 6.54. The maximum atomic E-state index is 13.7. The number of ether oxygens (including phenoxy) is 1. The third-order valence-corrected chi connectivity index (χ3v) is 5.42. The Morgan fingerprint density at radius 1 is 1.09 bits per heavy atom. The van der Waals surface area contributed by atoms with Gasteiger partial charge in [-0.05, 0) is 53.6 Å². The molecule has 3 rings (SSSR count). The van der Waals surface area contributed by atoms with E-state index in [9.17, 15) is 18.0 Å². The molecule has 0 bridgehead atoms. The van der Waals surface area contributed by atoms with Gasteiger partial charge in [0.2, 0.25) is 0 Å². The molecule has 0 fully saturated rings. The van der Waals surface area contributed by atoms with Gasteiger partial charge in [0.05, 0.1) is 12.2 Å². The molecule has 0 aliphatic heterocycles. The van der Waals surface area contributed by atoms with E-state index in [-0.39, 0.29) is 29.1 Å². The summed E-state index contributed by atoms with van der Waals surface area (Å²) in [6.07, 6.45) is -0.763. The highest BCUT2D eigenvalue weighted by molar-refractivity contribution is 7.11. The van der Waals surface area contributed by atoms with Crippen molar-refractivity contribution in [3.05, 3.63) is 58.7 Å². The minimum absolute atomic E-state index is 0.139. The Morgan fingerprint density at radius 3 is 2.50 bits per heavy atom. The molecule has 0 unspecified atom stereocenters. The number of alkyl halides is 3. The van der Waals surface area contributed by atoms with E-state index in [1.54, 1.807) is 17.5 Å². The lowest BCUT2D eigenvalue weighted by Crippen LogP contribution is -2.14. The van der Waals surface area contributed by atoms with Gasteiger partial charge in [-0.1, -0.05) is 26.8 Å². The summed E-state index contributed by atoms with van der Waals surface area (Å²) in [5.41, 5.74) is -0.0105. The normalized spacial score (nSPS) is 12.6. The third kappa shape index (κ3) is 6.29. The fraction of sp³-hybridized carbons (Fsp3) is 0.348. The topological polar surface area (TPSA) is 64.1 Å². The summed E-state index contributed by atoms with van der Waals surface area (Å²) in [5, 5.41) is 4.55. The second-order valence-electron chi connectivity index (χ2n) is 7.98. The maximum Gasteiger partial charge on any atom is 0.419 e.